The first-order valence-electron chi connectivity index (χ1n) is 9.48. The van der Waals surface area contributed by atoms with Crippen molar-refractivity contribution in [3.63, 3.8) is 0 Å². The van der Waals surface area contributed by atoms with Gasteiger partial charge in [-0.15, -0.1) is 0 Å². The van der Waals surface area contributed by atoms with Gasteiger partial charge in [-0.05, 0) is 49.5 Å². The molecule has 8 heteroatoms. The molecule has 1 aliphatic heterocycles. The highest BCUT2D eigenvalue weighted by atomic mass is 16.3. The Morgan fingerprint density at radius 2 is 1.96 bits per heavy atom. The molecule has 3 N–H and O–H groups in total. The van der Waals surface area contributed by atoms with Gasteiger partial charge in [0, 0.05) is 29.7 Å². The first-order chi connectivity index (χ1) is 13.8. The molecule has 0 bridgehead atoms. The van der Waals surface area contributed by atoms with Crippen LogP contribution >= 0.6 is 0 Å². The number of aromatic amines is 1. The Balaban J connectivity index is 1.39. The van der Waals surface area contributed by atoms with Gasteiger partial charge in [0.1, 0.15) is 0 Å². The average molecular weight is 375 g/mol. The van der Waals surface area contributed by atoms with Crippen LogP contribution < -0.4 is 5.32 Å². The van der Waals surface area contributed by atoms with E-state index in [9.17, 15) is 5.11 Å². The fraction of sp³-hybridized carbons (Fsp3) is 0.300. The zero-order chi connectivity index (χ0) is 18.9. The summed E-state index contributed by atoms with van der Waals surface area (Å²) in [6.07, 6.45) is 10.4. The van der Waals surface area contributed by atoms with Crippen LogP contribution in [0.4, 0.5) is 0 Å². The molecule has 0 saturated carbocycles. The quantitative estimate of drug-likeness (QED) is 0.505. The number of nitrogens with one attached hydrogen (secondary N) is 2. The minimum Gasteiger partial charge on any atom is -0.388 e. The van der Waals surface area contributed by atoms with Gasteiger partial charge in [-0.25, -0.2) is 19.6 Å². The molecular formula is C20H21N7O. The Kier molecular flexibility index (Phi) is 4.34. The number of pyridine rings is 2. The third-order valence-electron chi connectivity index (χ3n) is 5.40. The topological polar surface area (TPSA) is 105 Å². The summed E-state index contributed by atoms with van der Waals surface area (Å²) in [6.45, 7) is 1.92. The lowest BCUT2D eigenvalue weighted by molar-refractivity contribution is 0.0886. The number of imidazole rings is 1. The highest BCUT2D eigenvalue weighted by Gasteiger charge is 2.23. The molecule has 5 heterocycles. The van der Waals surface area contributed by atoms with Gasteiger partial charge < -0.3 is 15.4 Å². The standard InChI is InChI=1S/C20H21N7O/c28-19(13-3-6-21-7-4-13)14-1-2-17(23-9-14)27-11-15(10-26-27)16-5-8-22-20-18(16)24-12-25-20/h1-2,5,8-13,19,21,28H,3-4,6-7H2,(H,22,24,25). The molecule has 4 aromatic rings. The van der Waals surface area contributed by atoms with Gasteiger partial charge in [-0.1, -0.05) is 6.07 Å². The Hall–Kier alpha value is -3.10. The fourth-order valence-corrected chi connectivity index (χ4v) is 3.82. The predicted molar refractivity (Wildman–Crippen MR) is 105 cm³/mol. The number of hydrogen-bond donors (Lipinski definition) is 3. The lowest BCUT2D eigenvalue weighted by Crippen LogP contribution is -2.30. The summed E-state index contributed by atoms with van der Waals surface area (Å²) in [5.74, 6) is 0.996. The van der Waals surface area contributed by atoms with Crippen LogP contribution in [0.3, 0.4) is 0 Å². The van der Waals surface area contributed by atoms with Crippen molar-refractivity contribution in [2.24, 2.45) is 5.92 Å². The molecule has 0 aromatic carbocycles. The monoisotopic (exact) mass is 375 g/mol. The summed E-state index contributed by atoms with van der Waals surface area (Å²) < 4.78 is 1.73. The van der Waals surface area contributed by atoms with E-state index >= 15 is 0 Å². The highest BCUT2D eigenvalue weighted by Crippen LogP contribution is 2.29. The number of fused-ring (bicyclic) bond motifs is 1. The van der Waals surface area contributed by atoms with Gasteiger partial charge >= 0.3 is 0 Å². The van der Waals surface area contributed by atoms with Crippen LogP contribution in [0.25, 0.3) is 28.1 Å². The lowest BCUT2D eigenvalue weighted by atomic mass is 9.89. The second kappa shape index (κ2) is 7.14. The molecule has 142 valence electrons. The van der Waals surface area contributed by atoms with Gasteiger partial charge in [0.2, 0.25) is 0 Å². The number of nitrogens with zero attached hydrogens (tertiary/aromatic N) is 5. The predicted octanol–water partition coefficient (Wildman–Crippen LogP) is 2.24. The average Bonchev–Trinajstić information content (AvgIpc) is 3.43. The van der Waals surface area contributed by atoms with Gasteiger partial charge in [0.15, 0.2) is 11.5 Å². The fourth-order valence-electron chi connectivity index (χ4n) is 3.82. The normalized spacial score (nSPS) is 16.5. The van der Waals surface area contributed by atoms with Gasteiger partial charge in [-0.3, -0.25) is 0 Å². The molecule has 0 radical (unpaired) electrons. The molecule has 1 unspecified atom stereocenters. The maximum absolute atomic E-state index is 10.6. The van der Waals surface area contributed by atoms with E-state index in [0.29, 0.717) is 11.5 Å². The number of aliphatic hydroxyl groups is 1. The maximum atomic E-state index is 10.6. The molecule has 0 spiro atoms. The van der Waals surface area contributed by atoms with Gasteiger partial charge in [-0.2, -0.15) is 5.10 Å². The second-order valence-electron chi connectivity index (χ2n) is 7.12. The van der Waals surface area contributed by atoms with E-state index in [2.05, 4.69) is 30.4 Å². The first kappa shape index (κ1) is 17.0. The van der Waals surface area contributed by atoms with Crippen LogP contribution in [0.15, 0.2) is 49.3 Å². The third kappa shape index (κ3) is 3.06. The van der Waals surface area contributed by atoms with Crippen LogP contribution in [-0.4, -0.2) is 47.9 Å². The van der Waals surface area contributed by atoms with Gasteiger partial charge in [0.05, 0.1) is 24.1 Å². The number of aromatic nitrogens is 6. The molecule has 1 saturated heterocycles. The van der Waals surface area contributed by atoms with Crippen LogP contribution in [0, 0.1) is 5.92 Å². The van der Waals surface area contributed by atoms with E-state index in [1.807, 2.05) is 24.4 Å². The van der Waals surface area contributed by atoms with Crippen molar-refractivity contribution in [1.29, 1.82) is 0 Å². The minimum absolute atomic E-state index is 0.286. The van der Waals surface area contributed by atoms with Crippen molar-refractivity contribution in [3.05, 3.63) is 54.9 Å². The Bertz CT molecular complexity index is 1080. The largest absolute Gasteiger partial charge is 0.388 e. The lowest BCUT2D eigenvalue weighted by Gasteiger charge is -2.27. The zero-order valence-electron chi connectivity index (χ0n) is 15.3. The number of rotatable bonds is 4. The third-order valence-corrected chi connectivity index (χ3v) is 5.40. The Morgan fingerprint density at radius 1 is 1.07 bits per heavy atom. The number of hydrogen-bond acceptors (Lipinski definition) is 6. The SMILES string of the molecule is OC(c1ccc(-n2cc(-c3ccnc4nc[nH]c34)cn2)nc1)C1CCNCC1. The number of piperidine rings is 1. The minimum atomic E-state index is -0.470. The smallest absolute Gasteiger partial charge is 0.178 e. The summed E-state index contributed by atoms with van der Waals surface area (Å²) >= 11 is 0. The van der Waals surface area contributed by atoms with Crippen molar-refractivity contribution in [3.8, 4) is 16.9 Å². The van der Waals surface area contributed by atoms with E-state index in [1.165, 1.54) is 0 Å². The van der Waals surface area contributed by atoms with E-state index < -0.39 is 6.10 Å². The zero-order valence-corrected chi connectivity index (χ0v) is 15.3. The van der Waals surface area contributed by atoms with Crippen molar-refractivity contribution in [1.82, 2.24) is 35.0 Å². The molecule has 5 rings (SSSR count). The molecular weight excluding hydrogens is 354 g/mol. The molecule has 1 atom stereocenters. The van der Waals surface area contributed by atoms with Crippen molar-refractivity contribution in [2.75, 3.05) is 13.1 Å². The second-order valence-corrected chi connectivity index (χ2v) is 7.12. The Labute approximate surface area is 161 Å². The molecule has 1 aliphatic rings. The van der Waals surface area contributed by atoms with Gasteiger partial charge in [0.25, 0.3) is 0 Å². The van der Waals surface area contributed by atoms with Crippen LogP contribution in [-0.2, 0) is 0 Å². The summed E-state index contributed by atoms with van der Waals surface area (Å²) in [5.41, 5.74) is 4.37. The first-order valence-corrected chi connectivity index (χ1v) is 9.48. The summed E-state index contributed by atoms with van der Waals surface area (Å²) in [6, 6.07) is 5.78. The van der Waals surface area contributed by atoms with Crippen LogP contribution in [0.1, 0.15) is 24.5 Å². The molecule has 4 aromatic heterocycles. The maximum Gasteiger partial charge on any atom is 0.178 e. The number of aliphatic hydroxyl groups excluding tert-OH is 1. The summed E-state index contributed by atoms with van der Waals surface area (Å²) in [5, 5.41) is 18.4. The molecule has 1 fully saturated rings. The van der Waals surface area contributed by atoms with E-state index in [1.54, 1.807) is 29.6 Å². The van der Waals surface area contributed by atoms with Crippen LogP contribution in [0.5, 0.6) is 0 Å². The van der Waals surface area contributed by atoms with E-state index in [4.69, 9.17) is 0 Å². The summed E-state index contributed by atoms with van der Waals surface area (Å²) in [4.78, 5) is 16.1. The summed E-state index contributed by atoms with van der Waals surface area (Å²) in [7, 11) is 0. The van der Waals surface area contributed by atoms with Crippen molar-refractivity contribution < 1.29 is 5.11 Å². The Morgan fingerprint density at radius 3 is 2.79 bits per heavy atom. The molecule has 28 heavy (non-hydrogen) atoms. The highest BCUT2D eigenvalue weighted by molar-refractivity contribution is 5.88. The van der Waals surface area contributed by atoms with Crippen LogP contribution in [0.2, 0.25) is 0 Å². The molecule has 0 amide bonds. The van der Waals surface area contributed by atoms with E-state index in [-0.39, 0.29) is 5.92 Å². The van der Waals surface area contributed by atoms with Crippen molar-refractivity contribution >= 4 is 11.2 Å². The van der Waals surface area contributed by atoms with Crippen molar-refractivity contribution in [2.45, 2.75) is 18.9 Å². The number of H-pyrrole nitrogens is 1. The van der Waals surface area contributed by atoms with E-state index in [0.717, 1.165) is 48.1 Å². The molecule has 0 aliphatic carbocycles. The molecule has 8 nitrogen and oxygen atoms in total.